The third-order valence-electron chi connectivity index (χ3n) is 6.23. The molecular formula is C27H23FN4O2S. The maximum atomic E-state index is 13.7. The summed E-state index contributed by atoms with van der Waals surface area (Å²) in [4.78, 5) is 36.6. The molecule has 2 aromatic carbocycles. The largest absolute Gasteiger partial charge is 0.347 e. The number of benzene rings is 2. The second-order valence-corrected chi connectivity index (χ2v) is 9.33. The summed E-state index contributed by atoms with van der Waals surface area (Å²) in [6, 6.07) is 13.6. The van der Waals surface area contributed by atoms with E-state index in [-0.39, 0.29) is 17.6 Å². The Labute approximate surface area is 206 Å². The average Bonchev–Trinajstić information content (AvgIpc) is 3.43. The SMILES string of the molecule is Cc1ncc2c(c1CNC(=O)c1cncs1)CCN(C(=O)c1cccc(-c3cccc(F)c3)c1)C2. The summed E-state index contributed by atoms with van der Waals surface area (Å²) < 4.78 is 13.7. The van der Waals surface area contributed by atoms with Gasteiger partial charge in [0.2, 0.25) is 0 Å². The number of fused-ring (bicyclic) bond motifs is 1. The average molecular weight is 487 g/mol. The van der Waals surface area contributed by atoms with Crippen LogP contribution in [0.5, 0.6) is 0 Å². The Morgan fingerprint density at radius 3 is 2.69 bits per heavy atom. The van der Waals surface area contributed by atoms with E-state index in [9.17, 15) is 14.0 Å². The van der Waals surface area contributed by atoms with Crippen LogP contribution in [-0.4, -0.2) is 33.2 Å². The van der Waals surface area contributed by atoms with Crippen LogP contribution in [0.2, 0.25) is 0 Å². The molecule has 1 aliphatic rings. The molecule has 35 heavy (non-hydrogen) atoms. The lowest BCUT2D eigenvalue weighted by molar-refractivity contribution is 0.0734. The number of aromatic nitrogens is 2. The normalized spacial score (nSPS) is 12.8. The molecule has 0 spiro atoms. The molecule has 6 nitrogen and oxygen atoms in total. The van der Waals surface area contributed by atoms with E-state index in [0.717, 1.165) is 33.5 Å². The van der Waals surface area contributed by atoms with Gasteiger partial charge in [0.25, 0.3) is 11.8 Å². The number of rotatable bonds is 5. The highest BCUT2D eigenvalue weighted by Crippen LogP contribution is 2.27. The molecule has 0 unspecified atom stereocenters. The molecule has 0 saturated heterocycles. The van der Waals surface area contributed by atoms with Gasteiger partial charge in [0.1, 0.15) is 10.7 Å². The Kier molecular flexibility index (Phi) is 6.37. The fraction of sp³-hybridized carbons (Fsp3) is 0.185. The number of carbonyl (C=O) groups is 2. The number of thiazole rings is 1. The summed E-state index contributed by atoms with van der Waals surface area (Å²) >= 11 is 1.30. The molecule has 8 heteroatoms. The van der Waals surface area contributed by atoms with Crippen molar-refractivity contribution in [1.29, 1.82) is 0 Å². The highest BCUT2D eigenvalue weighted by atomic mass is 32.1. The molecule has 2 amide bonds. The summed E-state index contributed by atoms with van der Waals surface area (Å²) in [5.74, 6) is -0.543. The second-order valence-electron chi connectivity index (χ2n) is 8.44. The maximum Gasteiger partial charge on any atom is 0.263 e. The van der Waals surface area contributed by atoms with Gasteiger partial charge in [0.15, 0.2) is 0 Å². The first-order valence-corrected chi connectivity index (χ1v) is 12.2. The molecule has 5 rings (SSSR count). The molecule has 3 heterocycles. The third kappa shape index (κ3) is 4.83. The van der Waals surface area contributed by atoms with E-state index in [1.807, 2.05) is 36.2 Å². The molecular weight excluding hydrogens is 463 g/mol. The predicted molar refractivity (Wildman–Crippen MR) is 133 cm³/mol. The zero-order chi connectivity index (χ0) is 24.4. The third-order valence-corrected chi connectivity index (χ3v) is 7.00. The fourth-order valence-electron chi connectivity index (χ4n) is 4.40. The Hall–Kier alpha value is -3.91. The minimum atomic E-state index is -0.311. The summed E-state index contributed by atoms with van der Waals surface area (Å²) in [5, 5.41) is 2.96. The minimum Gasteiger partial charge on any atom is -0.347 e. The second kappa shape index (κ2) is 9.76. The predicted octanol–water partition coefficient (Wildman–Crippen LogP) is 4.78. The Bertz CT molecular complexity index is 1400. The molecule has 0 radical (unpaired) electrons. The number of hydrogen-bond donors (Lipinski definition) is 1. The van der Waals surface area contributed by atoms with Crippen molar-refractivity contribution in [3.8, 4) is 11.1 Å². The Balaban J connectivity index is 1.33. The summed E-state index contributed by atoms with van der Waals surface area (Å²) in [7, 11) is 0. The van der Waals surface area contributed by atoms with Crippen LogP contribution < -0.4 is 5.32 Å². The van der Waals surface area contributed by atoms with Gasteiger partial charge in [-0.2, -0.15) is 0 Å². The van der Waals surface area contributed by atoms with Gasteiger partial charge in [0, 0.05) is 37.1 Å². The molecule has 0 bridgehead atoms. The van der Waals surface area contributed by atoms with E-state index < -0.39 is 0 Å². The van der Waals surface area contributed by atoms with Crippen LogP contribution >= 0.6 is 11.3 Å². The number of hydrogen-bond acceptors (Lipinski definition) is 5. The summed E-state index contributed by atoms with van der Waals surface area (Å²) in [5.41, 5.74) is 7.71. The van der Waals surface area contributed by atoms with Gasteiger partial charge < -0.3 is 10.2 Å². The van der Waals surface area contributed by atoms with Crippen molar-refractivity contribution in [2.75, 3.05) is 6.54 Å². The lowest BCUT2D eigenvalue weighted by Gasteiger charge is -2.30. The van der Waals surface area contributed by atoms with E-state index in [2.05, 4.69) is 15.3 Å². The lowest BCUT2D eigenvalue weighted by Crippen LogP contribution is -2.37. The highest BCUT2D eigenvalue weighted by molar-refractivity contribution is 7.11. The first-order valence-electron chi connectivity index (χ1n) is 11.3. The van der Waals surface area contributed by atoms with Gasteiger partial charge in [0.05, 0.1) is 11.7 Å². The van der Waals surface area contributed by atoms with Crippen molar-refractivity contribution >= 4 is 23.2 Å². The quantitative estimate of drug-likeness (QED) is 0.441. The van der Waals surface area contributed by atoms with Crippen LogP contribution in [0.1, 0.15) is 42.4 Å². The van der Waals surface area contributed by atoms with Gasteiger partial charge >= 0.3 is 0 Å². The highest BCUT2D eigenvalue weighted by Gasteiger charge is 2.25. The van der Waals surface area contributed by atoms with Crippen LogP contribution in [0.25, 0.3) is 11.1 Å². The molecule has 0 fully saturated rings. The first kappa shape index (κ1) is 22.9. The molecule has 2 aromatic heterocycles. The molecule has 1 aliphatic heterocycles. The fourth-order valence-corrected chi connectivity index (χ4v) is 4.93. The van der Waals surface area contributed by atoms with E-state index >= 15 is 0 Å². The molecule has 0 atom stereocenters. The minimum absolute atomic E-state index is 0.0745. The van der Waals surface area contributed by atoms with Crippen molar-refractivity contribution in [2.45, 2.75) is 26.4 Å². The van der Waals surface area contributed by atoms with Gasteiger partial charge in [-0.3, -0.25) is 19.6 Å². The van der Waals surface area contributed by atoms with Crippen molar-refractivity contribution in [2.24, 2.45) is 0 Å². The number of halogens is 1. The molecule has 0 saturated carbocycles. The topological polar surface area (TPSA) is 75.2 Å². The van der Waals surface area contributed by atoms with Gasteiger partial charge in [-0.05, 0) is 65.4 Å². The van der Waals surface area contributed by atoms with E-state index in [1.54, 1.807) is 29.9 Å². The van der Waals surface area contributed by atoms with Crippen LogP contribution in [0.3, 0.4) is 0 Å². The van der Waals surface area contributed by atoms with E-state index in [1.165, 1.54) is 23.5 Å². The zero-order valence-corrected chi connectivity index (χ0v) is 19.9. The smallest absolute Gasteiger partial charge is 0.263 e. The lowest BCUT2D eigenvalue weighted by atomic mass is 9.94. The van der Waals surface area contributed by atoms with Gasteiger partial charge in [-0.1, -0.05) is 24.3 Å². The molecule has 1 N–H and O–H groups in total. The number of nitrogens with one attached hydrogen (secondary N) is 1. The Morgan fingerprint density at radius 1 is 1.11 bits per heavy atom. The van der Waals surface area contributed by atoms with Crippen LogP contribution in [-0.2, 0) is 19.5 Å². The van der Waals surface area contributed by atoms with Crippen LogP contribution in [0, 0.1) is 12.7 Å². The maximum absolute atomic E-state index is 13.7. The number of amides is 2. The van der Waals surface area contributed by atoms with E-state index in [0.29, 0.717) is 36.5 Å². The summed E-state index contributed by atoms with van der Waals surface area (Å²) in [6.45, 7) is 3.32. The number of nitrogens with zero attached hydrogens (tertiary/aromatic N) is 3. The van der Waals surface area contributed by atoms with Crippen molar-refractivity contribution in [3.63, 3.8) is 0 Å². The van der Waals surface area contributed by atoms with E-state index in [4.69, 9.17) is 0 Å². The van der Waals surface area contributed by atoms with Crippen LogP contribution in [0.15, 0.2) is 66.4 Å². The number of pyridine rings is 1. The number of carbonyl (C=O) groups excluding carboxylic acids is 2. The molecule has 176 valence electrons. The Morgan fingerprint density at radius 2 is 1.91 bits per heavy atom. The first-order chi connectivity index (χ1) is 17.0. The van der Waals surface area contributed by atoms with Gasteiger partial charge in [-0.25, -0.2) is 4.39 Å². The van der Waals surface area contributed by atoms with Crippen molar-refractivity contribution in [3.05, 3.63) is 105 Å². The molecule has 4 aromatic rings. The molecule has 0 aliphatic carbocycles. The standard InChI is InChI=1S/C27H23FN4O2S/c1-17-24(13-31-26(33)25-14-29-16-35-25)23-8-9-32(15-21(23)12-30-17)27(34)20-6-2-4-18(10-20)19-5-3-7-22(28)11-19/h2-7,10-12,14,16H,8-9,13,15H2,1H3,(H,31,33). The van der Waals surface area contributed by atoms with Crippen molar-refractivity contribution in [1.82, 2.24) is 20.2 Å². The monoisotopic (exact) mass is 486 g/mol. The zero-order valence-electron chi connectivity index (χ0n) is 19.1. The van der Waals surface area contributed by atoms with Gasteiger partial charge in [-0.15, -0.1) is 11.3 Å². The van der Waals surface area contributed by atoms with Crippen LogP contribution in [0.4, 0.5) is 4.39 Å². The summed E-state index contributed by atoms with van der Waals surface area (Å²) in [6.07, 6.45) is 4.06. The number of aryl methyl sites for hydroxylation is 1. The van der Waals surface area contributed by atoms with Crippen molar-refractivity contribution < 1.29 is 14.0 Å².